The second kappa shape index (κ2) is 7.72. The number of phenols is 1. The lowest BCUT2D eigenvalue weighted by atomic mass is 10.1. The van der Waals surface area contributed by atoms with Crippen molar-refractivity contribution in [1.82, 2.24) is 4.90 Å². The molecule has 2 aromatic rings. The van der Waals surface area contributed by atoms with Crippen molar-refractivity contribution in [2.45, 2.75) is 13.5 Å². The van der Waals surface area contributed by atoms with E-state index in [1.807, 2.05) is 19.1 Å². The minimum atomic E-state index is -0.969. The Kier molecular flexibility index (Phi) is 5.33. The minimum absolute atomic E-state index is 0.0325. The van der Waals surface area contributed by atoms with Crippen molar-refractivity contribution in [3.63, 3.8) is 0 Å². The number of hydrogen-bond acceptors (Lipinski definition) is 8. The van der Waals surface area contributed by atoms with E-state index in [1.54, 1.807) is 12.1 Å². The maximum absolute atomic E-state index is 12.6. The molecule has 1 saturated heterocycles. The summed E-state index contributed by atoms with van der Waals surface area (Å²) in [7, 11) is 0. The monoisotopic (exact) mass is 415 g/mol. The van der Waals surface area contributed by atoms with Crippen molar-refractivity contribution in [1.29, 1.82) is 0 Å². The van der Waals surface area contributed by atoms with E-state index in [1.165, 1.54) is 0 Å². The van der Waals surface area contributed by atoms with Crippen molar-refractivity contribution in [3.8, 4) is 5.75 Å². The first-order chi connectivity index (χ1) is 13.7. The van der Waals surface area contributed by atoms with Gasteiger partial charge in [0.1, 0.15) is 0 Å². The standard InChI is InChI=1S/C18H13N3O7S/c1-10-3-2-4-11(5-10)9-19-17(23)15(29-18(19)24)7-12-6-13(20(25)26)8-14(16(12)22)21(27)28/h2-8,22H,9H2,1H3/b15-7-. The fraction of sp³-hybridized carbons (Fsp3) is 0.111. The molecule has 29 heavy (non-hydrogen) atoms. The van der Waals surface area contributed by atoms with E-state index in [2.05, 4.69) is 0 Å². The number of carbonyl (C=O) groups is 2. The third kappa shape index (κ3) is 4.09. The van der Waals surface area contributed by atoms with E-state index in [0.29, 0.717) is 17.8 Å². The average Bonchev–Trinajstić information content (AvgIpc) is 2.90. The number of phenolic OH excluding ortho intramolecular Hbond substituents is 1. The number of rotatable bonds is 5. The summed E-state index contributed by atoms with van der Waals surface area (Å²) in [5.41, 5.74) is -0.0997. The highest BCUT2D eigenvalue weighted by Crippen LogP contribution is 2.39. The Morgan fingerprint density at radius 1 is 1.14 bits per heavy atom. The second-order valence-corrected chi connectivity index (χ2v) is 7.17. The maximum Gasteiger partial charge on any atom is 0.318 e. The first-order valence-electron chi connectivity index (χ1n) is 8.14. The van der Waals surface area contributed by atoms with E-state index < -0.39 is 38.1 Å². The Morgan fingerprint density at radius 3 is 2.48 bits per heavy atom. The van der Waals surface area contributed by atoms with Crippen LogP contribution in [0.5, 0.6) is 5.75 Å². The summed E-state index contributed by atoms with van der Waals surface area (Å²) in [6.07, 6.45) is 1.04. The molecule has 0 atom stereocenters. The van der Waals surface area contributed by atoms with E-state index in [4.69, 9.17) is 0 Å². The molecule has 0 saturated carbocycles. The maximum atomic E-state index is 12.6. The predicted molar refractivity (Wildman–Crippen MR) is 104 cm³/mol. The summed E-state index contributed by atoms with van der Waals surface area (Å²) in [6, 6.07) is 8.76. The van der Waals surface area contributed by atoms with Gasteiger partial charge in [0.15, 0.2) is 0 Å². The summed E-state index contributed by atoms with van der Waals surface area (Å²) in [4.78, 5) is 46.0. The van der Waals surface area contributed by atoms with Crippen LogP contribution in [0.25, 0.3) is 6.08 Å². The zero-order chi connectivity index (χ0) is 21.3. The van der Waals surface area contributed by atoms with E-state index in [0.717, 1.165) is 28.2 Å². The quantitative estimate of drug-likeness (QED) is 0.441. The molecular weight excluding hydrogens is 402 g/mol. The molecule has 0 aromatic heterocycles. The Morgan fingerprint density at radius 2 is 1.86 bits per heavy atom. The Balaban J connectivity index is 1.97. The highest BCUT2D eigenvalue weighted by Gasteiger charge is 2.35. The van der Waals surface area contributed by atoms with Gasteiger partial charge in [-0.15, -0.1) is 0 Å². The van der Waals surface area contributed by atoms with E-state index >= 15 is 0 Å². The highest BCUT2D eigenvalue weighted by molar-refractivity contribution is 8.18. The van der Waals surface area contributed by atoms with Gasteiger partial charge in [0.05, 0.1) is 27.4 Å². The molecule has 1 aliphatic heterocycles. The minimum Gasteiger partial charge on any atom is -0.502 e. The number of aryl methyl sites for hydroxylation is 1. The van der Waals surface area contributed by atoms with Crippen LogP contribution in [-0.2, 0) is 11.3 Å². The number of nitro benzene ring substituents is 2. The van der Waals surface area contributed by atoms with Crippen LogP contribution >= 0.6 is 11.8 Å². The number of benzene rings is 2. The summed E-state index contributed by atoms with van der Waals surface area (Å²) in [5, 5.41) is 31.6. The molecule has 10 nitrogen and oxygen atoms in total. The number of imide groups is 1. The molecule has 0 unspecified atom stereocenters. The number of hydrogen-bond donors (Lipinski definition) is 1. The van der Waals surface area contributed by atoms with Gasteiger partial charge in [-0.05, 0) is 30.3 Å². The number of nitro groups is 2. The van der Waals surface area contributed by atoms with Gasteiger partial charge in [0.25, 0.3) is 16.8 Å². The number of carbonyl (C=O) groups excluding carboxylic acids is 2. The largest absolute Gasteiger partial charge is 0.502 e. The van der Waals surface area contributed by atoms with Gasteiger partial charge in [-0.25, -0.2) is 0 Å². The fourth-order valence-electron chi connectivity index (χ4n) is 2.75. The van der Waals surface area contributed by atoms with Crippen LogP contribution in [0, 0.1) is 27.2 Å². The summed E-state index contributed by atoms with van der Waals surface area (Å²) < 4.78 is 0. The summed E-state index contributed by atoms with van der Waals surface area (Å²) in [6.45, 7) is 1.90. The SMILES string of the molecule is Cc1cccc(CN2C(=O)S/C(=C\c3cc([N+](=O)[O-])cc([N+](=O)[O-])c3O)C2=O)c1. The summed E-state index contributed by atoms with van der Waals surface area (Å²) in [5.74, 6) is -1.49. The molecule has 1 N–H and O–H groups in total. The van der Waals surface area contributed by atoms with E-state index in [-0.39, 0.29) is 17.0 Å². The molecule has 3 rings (SSSR count). The van der Waals surface area contributed by atoms with Crippen LogP contribution in [0.4, 0.5) is 16.2 Å². The predicted octanol–water partition coefficient (Wildman–Crippen LogP) is 3.75. The topological polar surface area (TPSA) is 144 Å². The molecule has 11 heteroatoms. The van der Waals surface area contributed by atoms with Gasteiger partial charge >= 0.3 is 5.69 Å². The molecule has 0 aliphatic carbocycles. The van der Waals surface area contributed by atoms with Gasteiger partial charge in [-0.2, -0.15) is 0 Å². The van der Waals surface area contributed by atoms with Crippen LogP contribution in [0.2, 0.25) is 0 Å². The van der Waals surface area contributed by atoms with Crippen molar-refractivity contribution in [2.24, 2.45) is 0 Å². The molecular formula is C18H13N3O7S. The van der Waals surface area contributed by atoms with Crippen molar-refractivity contribution in [3.05, 3.63) is 78.2 Å². The zero-order valence-electron chi connectivity index (χ0n) is 14.9. The van der Waals surface area contributed by atoms with Gasteiger partial charge < -0.3 is 5.11 Å². The Bertz CT molecular complexity index is 1100. The van der Waals surface area contributed by atoms with E-state index in [9.17, 15) is 34.9 Å². The Labute approximate surface area is 167 Å². The molecule has 1 aliphatic rings. The highest BCUT2D eigenvalue weighted by atomic mass is 32.2. The van der Waals surface area contributed by atoms with Gasteiger partial charge in [-0.1, -0.05) is 29.8 Å². The third-order valence-corrected chi connectivity index (χ3v) is 5.00. The van der Waals surface area contributed by atoms with Gasteiger partial charge in [-0.3, -0.25) is 34.7 Å². The van der Waals surface area contributed by atoms with Crippen LogP contribution in [0.15, 0.2) is 41.3 Å². The lowest BCUT2D eigenvalue weighted by molar-refractivity contribution is -0.394. The van der Waals surface area contributed by atoms with Crippen LogP contribution in [0.3, 0.4) is 0 Å². The molecule has 148 valence electrons. The number of non-ortho nitro benzene ring substituents is 1. The number of amides is 2. The molecule has 2 aromatic carbocycles. The second-order valence-electron chi connectivity index (χ2n) is 6.17. The number of nitrogens with zero attached hydrogens (tertiary/aromatic N) is 3. The molecule has 1 heterocycles. The van der Waals surface area contributed by atoms with Crippen LogP contribution in [-0.4, -0.2) is 31.0 Å². The smallest absolute Gasteiger partial charge is 0.318 e. The number of aromatic hydroxyl groups is 1. The first kappa shape index (κ1) is 20.0. The van der Waals surface area contributed by atoms with Gasteiger partial charge in [0.2, 0.25) is 5.75 Å². The van der Waals surface area contributed by atoms with Crippen molar-refractivity contribution in [2.75, 3.05) is 0 Å². The third-order valence-electron chi connectivity index (χ3n) is 4.09. The summed E-state index contributed by atoms with van der Waals surface area (Å²) >= 11 is 0.585. The van der Waals surface area contributed by atoms with Crippen molar-refractivity contribution < 1.29 is 24.5 Å². The molecule has 0 bridgehead atoms. The van der Waals surface area contributed by atoms with Gasteiger partial charge in [0, 0.05) is 11.6 Å². The number of thioether (sulfide) groups is 1. The Hall–Kier alpha value is -3.73. The lowest BCUT2D eigenvalue weighted by Gasteiger charge is -2.12. The molecule has 0 radical (unpaired) electrons. The first-order valence-corrected chi connectivity index (χ1v) is 8.95. The van der Waals surface area contributed by atoms with Crippen LogP contribution in [0.1, 0.15) is 16.7 Å². The van der Waals surface area contributed by atoms with Crippen molar-refractivity contribution >= 4 is 40.4 Å². The molecule has 1 fully saturated rings. The zero-order valence-corrected chi connectivity index (χ0v) is 15.7. The lowest BCUT2D eigenvalue weighted by Crippen LogP contribution is -2.27. The average molecular weight is 415 g/mol. The fourth-order valence-corrected chi connectivity index (χ4v) is 3.58. The molecule has 2 amide bonds. The van der Waals surface area contributed by atoms with Crippen LogP contribution < -0.4 is 0 Å². The normalized spacial score (nSPS) is 15.2. The molecule has 0 spiro atoms.